The monoisotopic (exact) mass is 438 g/mol. The van der Waals surface area contributed by atoms with Crippen molar-refractivity contribution in [1.82, 2.24) is 19.9 Å². The van der Waals surface area contributed by atoms with Crippen molar-refractivity contribution < 1.29 is 4.79 Å². The number of imidazole rings is 1. The summed E-state index contributed by atoms with van der Waals surface area (Å²) in [7, 11) is 0. The molecule has 0 spiro atoms. The molecule has 2 aromatic carbocycles. The van der Waals surface area contributed by atoms with E-state index >= 15 is 0 Å². The molecule has 4 aromatic rings. The highest BCUT2D eigenvalue weighted by Crippen LogP contribution is 2.46. The van der Waals surface area contributed by atoms with Gasteiger partial charge in [0.25, 0.3) is 0 Å². The molecule has 2 unspecified atom stereocenters. The number of carbonyl (C=O) groups excluding carboxylic acids is 1. The van der Waals surface area contributed by atoms with Gasteiger partial charge >= 0.3 is 0 Å². The second-order valence-electron chi connectivity index (χ2n) is 9.20. The number of pyridine rings is 1. The third-order valence-corrected chi connectivity index (χ3v) is 6.62. The molecule has 33 heavy (non-hydrogen) atoms. The Morgan fingerprint density at radius 3 is 2.42 bits per heavy atom. The van der Waals surface area contributed by atoms with E-state index in [-0.39, 0.29) is 11.9 Å². The molecule has 1 amide bonds. The molecule has 168 valence electrons. The molecular weight excluding hydrogens is 408 g/mol. The topological polar surface area (TPSA) is 59.8 Å². The molecule has 1 aliphatic carbocycles. The Kier molecular flexibility index (Phi) is 5.95. The van der Waals surface area contributed by atoms with Gasteiger partial charge in [0, 0.05) is 24.5 Å². The van der Waals surface area contributed by atoms with Crippen molar-refractivity contribution in [3.8, 4) is 0 Å². The summed E-state index contributed by atoms with van der Waals surface area (Å²) in [4.78, 5) is 22.6. The zero-order valence-corrected chi connectivity index (χ0v) is 19.2. The smallest absolute Gasteiger partial charge is 0.220 e. The van der Waals surface area contributed by atoms with E-state index in [1.165, 1.54) is 12.0 Å². The lowest BCUT2D eigenvalue weighted by atomic mass is 10.1. The van der Waals surface area contributed by atoms with Crippen molar-refractivity contribution in [3.05, 3.63) is 95.4 Å². The molecule has 1 aliphatic rings. The minimum absolute atomic E-state index is 0.0217. The van der Waals surface area contributed by atoms with E-state index in [4.69, 9.17) is 9.97 Å². The van der Waals surface area contributed by atoms with Gasteiger partial charge in [-0.1, -0.05) is 67.6 Å². The first-order chi connectivity index (χ1) is 16.1. The van der Waals surface area contributed by atoms with Gasteiger partial charge in [-0.05, 0) is 42.5 Å². The summed E-state index contributed by atoms with van der Waals surface area (Å²) in [5.41, 5.74) is 5.28. The highest BCUT2D eigenvalue weighted by molar-refractivity contribution is 5.77. The van der Waals surface area contributed by atoms with Gasteiger partial charge in [-0.15, -0.1) is 0 Å². The van der Waals surface area contributed by atoms with Crippen LogP contribution in [0.15, 0.2) is 72.8 Å². The molecule has 0 radical (unpaired) electrons. The van der Waals surface area contributed by atoms with Crippen molar-refractivity contribution >= 4 is 17.1 Å². The van der Waals surface area contributed by atoms with Gasteiger partial charge in [-0.3, -0.25) is 4.79 Å². The maximum atomic E-state index is 12.7. The minimum Gasteiger partial charge on any atom is -0.350 e. The maximum absolute atomic E-state index is 12.7. The molecule has 2 aromatic heterocycles. The molecule has 0 saturated heterocycles. The van der Waals surface area contributed by atoms with E-state index in [0.717, 1.165) is 28.2 Å². The molecule has 0 bridgehead atoms. The van der Waals surface area contributed by atoms with Crippen LogP contribution in [0.2, 0.25) is 0 Å². The van der Waals surface area contributed by atoms with Crippen LogP contribution in [0.3, 0.4) is 0 Å². The number of aryl methyl sites for hydroxylation is 1. The fourth-order valence-electron chi connectivity index (χ4n) is 4.49. The third-order valence-electron chi connectivity index (χ3n) is 6.62. The van der Waals surface area contributed by atoms with Gasteiger partial charge < -0.3 is 9.88 Å². The van der Waals surface area contributed by atoms with Gasteiger partial charge in [0.05, 0.1) is 12.6 Å². The number of amides is 1. The fraction of sp³-hybridized carbons (Fsp3) is 0.321. The largest absolute Gasteiger partial charge is 0.350 e. The van der Waals surface area contributed by atoms with Gasteiger partial charge in [0.1, 0.15) is 11.3 Å². The Morgan fingerprint density at radius 2 is 1.73 bits per heavy atom. The van der Waals surface area contributed by atoms with Crippen molar-refractivity contribution in [3.63, 3.8) is 0 Å². The molecule has 3 atom stereocenters. The van der Waals surface area contributed by atoms with Crippen molar-refractivity contribution in [1.29, 1.82) is 0 Å². The Morgan fingerprint density at radius 1 is 1.03 bits per heavy atom. The van der Waals surface area contributed by atoms with E-state index in [1.807, 2.05) is 43.3 Å². The number of aromatic nitrogens is 3. The van der Waals surface area contributed by atoms with Gasteiger partial charge in [0.15, 0.2) is 5.65 Å². The van der Waals surface area contributed by atoms with Gasteiger partial charge in [0.2, 0.25) is 5.91 Å². The lowest BCUT2D eigenvalue weighted by Gasteiger charge is -2.14. The average molecular weight is 439 g/mol. The third kappa shape index (κ3) is 4.82. The average Bonchev–Trinajstić information content (AvgIpc) is 3.48. The number of hydrogen-bond donors (Lipinski definition) is 1. The SMILES string of the molecule is CC(NC(=O)CCc1nc2ccc([C@H]3CC3C)nc2n1Cc1ccccc1)c1ccccc1. The van der Waals surface area contributed by atoms with Crippen LogP contribution < -0.4 is 5.32 Å². The number of rotatable bonds is 8. The molecule has 5 rings (SSSR count). The van der Waals surface area contributed by atoms with E-state index in [2.05, 4.69) is 53.2 Å². The Balaban J connectivity index is 1.37. The van der Waals surface area contributed by atoms with Gasteiger partial charge in [-0.2, -0.15) is 0 Å². The Hall–Kier alpha value is -3.47. The molecular formula is C28H30N4O. The van der Waals surface area contributed by atoms with Crippen LogP contribution in [0.1, 0.15) is 61.3 Å². The summed E-state index contributed by atoms with van der Waals surface area (Å²) in [5.74, 6) is 2.20. The number of nitrogens with one attached hydrogen (secondary N) is 1. The first kappa shape index (κ1) is 21.4. The summed E-state index contributed by atoms with van der Waals surface area (Å²) in [6, 6.07) is 24.6. The maximum Gasteiger partial charge on any atom is 0.220 e. The van der Waals surface area contributed by atoms with Crippen molar-refractivity contribution in [2.45, 2.75) is 51.6 Å². The number of nitrogens with zero attached hydrogens (tertiary/aromatic N) is 3. The molecule has 5 nitrogen and oxygen atoms in total. The first-order valence-corrected chi connectivity index (χ1v) is 11.8. The number of benzene rings is 2. The summed E-state index contributed by atoms with van der Waals surface area (Å²) in [6.07, 6.45) is 2.17. The van der Waals surface area contributed by atoms with Crippen LogP contribution in [0.4, 0.5) is 0 Å². The molecule has 0 aliphatic heterocycles. The summed E-state index contributed by atoms with van der Waals surface area (Å²) in [5, 5.41) is 3.11. The summed E-state index contributed by atoms with van der Waals surface area (Å²) < 4.78 is 2.19. The molecule has 2 heterocycles. The lowest BCUT2D eigenvalue weighted by molar-refractivity contribution is -0.121. The van der Waals surface area contributed by atoms with Crippen LogP contribution >= 0.6 is 0 Å². The van der Waals surface area contributed by atoms with Crippen LogP contribution in [0.25, 0.3) is 11.2 Å². The quantitative estimate of drug-likeness (QED) is 0.400. The number of carbonyl (C=O) groups is 1. The number of hydrogen-bond acceptors (Lipinski definition) is 3. The highest BCUT2D eigenvalue weighted by atomic mass is 16.1. The zero-order valence-electron chi connectivity index (χ0n) is 19.2. The molecule has 1 saturated carbocycles. The summed E-state index contributed by atoms with van der Waals surface area (Å²) >= 11 is 0. The molecule has 1 N–H and O–H groups in total. The molecule has 1 fully saturated rings. The van der Waals surface area contributed by atoms with Crippen molar-refractivity contribution in [2.24, 2.45) is 5.92 Å². The zero-order chi connectivity index (χ0) is 22.8. The second-order valence-corrected chi connectivity index (χ2v) is 9.20. The van der Waals surface area contributed by atoms with Crippen LogP contribution in [0.5, 0.6) is 0 Å². The first-order valence-electron chi connectivity index (χ1n) is 11.8. The van der Waals surface area contributed by atoms with E-state index in [1.54, 1.807) is 0 Å². The second kappa shape index (κ2) is 9.18. The van der Waals surface area contributed by atoms with Crippen LogP contribution in [-0.4, -0.2) is 20.4 Å². The van der Waals surface area contributed by atoms with E-state index in [0.29, 0.717) is 31.2 Å². The lowest BCUT2D eigenvalue weighted by Crippen LogP contribution is -2.27. The summed E-state index contributed by atoms with van der Waals surface area (Å²) in [6.45, 7) is 4.99. The normalized spacial score (nSPS) is 18.2. The Bertz CT molecular complexity index is 1250. The highest BCUT2D eigenvalue weighted by Gasteiger charge is 2.35. The van der Waals surface area contributed by atoms with Crippen LogP contribution in [0, 0.1) is 5.92 Å². The van der Waals surface area contributed by atoms with E-state index < -0.39 is 0 Å². The Labute approximate surface area is 194 Å². The van der Waals surface area contributed by atoms with Crippen LogP contribution in [-0.2, 0) is 17.8 Å². The van der Waals surface area contributed by atoms with E-state index in [9.17, 15) is 4.79 Å². The minimum atomic E-state index is -0.0217. The molecule has 5 heteroatoms. The van der Waals surface area contributed by atoms with Gasteiger partial charge in [-0.25, -0.2) is 9.97 Å². The standard InChI is InChI=1S/C28H30N4O/c1-19-17-23(19)24-13-14-25-28(31-24)32(18-21-9-5-3-6-10-21)26(30-25)15-16-27(33)29-20(2)22-11-7-4-8-12-22/h3-14,19-20,23H,15-18H2,1-2H3,(H,29,33)/t19?,20?,23-/m0/s1. The number of fused-ring (bicyclic) bond motifs is 1. The predicted octanol–water partition coefficient (Wildman–Crippen LogP) is 5.41. The van der Waals surface area contributed by atoms with Crippen molar-refractivity contribution in [2.75, 3.05) is 0 Å². The fourth-order valence-corrected chi connectivity index (χ4v) is 4.49. The predicted molar refractivity (Wildman–Crippen MR) is 131 cm³/mol.